The maximum absolute atomic E-state index is 12.2. The Hall–Kier alpha value is -1.55. The van der Waals surface area contributed by atoms with Crippen LogP contribution in [0.25, 0.3) is 0 Å². The van der Waals surface area contributed by atoms with Crippen molar-refractivity contribution in [3.05, 3.63) is 29.3 Å². The summed E-state index contributed by atoms with van der Waals surface area (Å²) in [6.07, 6.45) is 1.02. The molecule has 1 aromatic rings. The summed E-state index contributed by atoms with van der Waals surface area (Å²) >= 11 is 0. The van der Waals surface area contributed by atoms with Crippen molar-refractivity contribution in [2.45, 2.75) is 33.2 Å². The topological polar surface area (TPSA) is 50.4 Å². The molecule has 0 aromatic heterocycles. The molecule has 0 radical (unpaired) electrons. The molecule has 1 amide bonds. The Morgan fingerprint density at radius 3 is 2.79 bits per heavy atom. The molecule has 0 saturated heterocycles. The number of ether oxygens (including phenoxy) is 1. The number of amides is 1. The quantitative estimate of drug-likeness (QED) is 0.796. The van der Waals surface area contributed by atoms with Gasteiger partial charge in [0.25, 0.3) is 5.91 Å². The second-order valence-electron chi connectivity index (χ2n) is 4.81. The summed E-state index contributed by atoms with van der Waals surface area (Å²) in [5.74, 6) is -0.0665. The van der Waals surface area contributed by atoms with Crippen molar-refractivity contribution in [2.24, 2.45) is 0 Å². The van der Waals surface area contributed by atoms with E-state index in [1.165, 1.54) is 0 Å². The average Bonchev–Trinajstić information content (AvgIpc) is 2.36. The number of hydrogen-bond donors (Lipinski definition) is 2. The number of hydrogen-bond acceptors (Lipinski definition) is 3. The Bertz CT molecular complexity index is 419. The first-order valence-corrected chi connectivity index (χ1v) is 6.72. The van der Waals surface area contributed by atoms with Crippen molar-refractivity contribution in [1.29, 1.82) is 0 Å². The number of methoxy groups -OCH3 is 1. The molecule has 0 fully saturated rings. The fourth-order valence-electron chi connectivity index (χ4n) is 1.86. The van der Waals surface area contributed by atoms with E-state index in [0.29, 0.717) is 12.2 Å². The first-order valence-electron chi connectivity index (χ1n) is 6.72. The monoisotopic (exact) mass is 264 g/mol. The molecule has 0 aliphatic rings. The number of anilines is 1. The lowest BCUT2D eigenvalue weighted by atomic mass is 10.1. The number of carbonyl (C=O) groups excluding carboxylic acids is 1. The van der Waals surface area contributed by atoms with E-state index in [1.54, 1.807) is 7.11 Å². The van der Waals surface area contributed by atoms with Crippen LogP contribution in [0.15, 0.2) is 18.2 Å². The van der Waals surface area contributed by atoms with Gasteiger partial charge in [-0.3, -0.25) is 4.79 Å². The Kier molecular flexibility index (Phi) is 6.36. The molecule has 19 heavy (non-hydrogen) atoms. The van der Waals surface area contributed by atoms with E-state index in [9.17, 15) is 4.79 Å². The minimum Gasteiger partial charge on any atom is -0.384 e. The van der Waals surface area contributed by atoms with Crippen molar-refractivity contribution < 1.29 is 9.53 Å². The number of nitrogens with one attached hydrogen (secondary N) is 2. The molecular weight excluding hydrogens is 240 g/mol. The summed E-state index contributed by atoms with van der Waals surface area (Å²) in [6, 6.07) is 5.82. The summed E-state index contributed by atoms with van der Waals surface area (Å²) in [4.78, 5) is 12.2. The van der Waals surface area contributed by atoms with E-state index in [4.69, 9.17) is 4.74 Å². The number of rotatable bonds is 7. The molecular formula is C15H24N2O2. The highest BCUT2D eigenvalue weighted by molar-refractivity contribution is 5.99. The Labute approximate surface area is 115 Å². The van der Waals surface area contributed by atoms with Gasteiger partial charge in [-0.25, -0.2) is 0 Å². The van der Waals surface area contributed by atoms with Gasteiger partial charge in [0.2, 0.25) is 0 Å². The van der Waals surface area contributed by atoms with E-state index < -0.39 is 0 Å². The molecule has 1 atom stereocenters. The predicted molar refractivity (Wildman–Crippen MR) is 78.8 cm³/mol. The van der Waals surface area contributed by atoms with Crippen LogP contribution < -0.4 is 10.6 Å². The normalized spacial score (nSPS) is 12.0. The zero-order valence-corrected chi connectivity index (χ0v) is 12.2. The molecule has 4 nitrogen and oxygen atoms in total. The van der Waals surface area contributed by atoms with Crippen LogP contribution >= 0.6 is 0 Å². The molecule has 0 aliphatic carbocycles. The maximum atomic E-state index is 12.2. The molecule has 4 heteroatoms. The highest BCUT2D eigenvalue weighted by atomic mass is 16.5. The van der Waals surface area contributed by atoms with Gasteiger partial charge < -0.3 is 15.4 Å². The van der Waals surface area contributed by atoms with E-state index in [0.717, 1.165) is 24.2 Å². The van der Waals surface area contributed by atoms with Crippen LogP contribution in [0, 0.1) is 6.92 Å². The molecule has 0 bridgehead atoms. The predicted octanol–water partition coefficient (Wildman–Crippen LogP) is 2.58. The smallest absolute Gasteiger partial charge is 0.253 e. The lowest BCUT2D eigenvalue weighted by Gasteiger charge is -2.16. The molecule has 2 N–H and O–H groups in total. The minimum absolute atomic E-state index is 0.00201. The van der Waals surface area contributed by atoms with Gasteiger partial charge in [-0.1, -0.05) is 13.0 Å². The van der Waals surface area contributed by atoms with Crippen LogP contribution in [0.1, 0.15) is 36.2 Å². The largest absolute Gasteiger partial charge is 0.384 e. The highest BCUT2D eigenvalue weighted by Crippen LogP contribution is 2.17. The maximum Gasteiger partial charge on any atom is 0.253 e. The van der Waals surface area contributed by atoms with Gasteiger partial charge in [-0.15, -0.1) is 0 Å². The lowest BCUT2D eigenvalue weighted by Crippen LogP contribution is -2.36. The van der Waals surface area contributed by atoms with Gasteiger partial charge in [-0.05, 0) is 38.0 Å². The van der Waals surface area contributed by atoms with Crippen molar-refractivity contribution in [3.63, 3.8) is 0 Å². The third-order valence-corrected chi connectivity index (χ3v) is 2.78. The Balaban J connectivity index is 2.82. The summed E-state index contributed by atoms with van der Waals surface area (Å²) < 4.78 is 5.02. The minimum atomic E-state index is -0.0665. The van der Waals surface area contributed by atoms with Gasteiger partial charge in [0, 0.05) is 25.4 Å². The van der Waals surface area contributed by atoms with Crippen LogP contribution in [-0.2, 0) is 4.74 Å². The number of aryl methyl sites for hydroxylation is 1. The van der Waals surface area contributed by atoms with Gasteiger partial charge in [0.05, 0.1) is 12.2 Å². The van der Waals surface area contributed by atoms with Crippen LogP contribution in [0.5, 0.6) is 0 Å². The Morgan fingerprint density at radius 1 is 1.42 bits per heavy atom. The zero-order valence-electron chi connectivity index (χ0n) is 12.2. The van der Waals surface area contributed by atoms with Gasteiger partial charge in [0.15, 0.2) is 0 Å². The van der Waals surface area contributed by atoms with Crippen LogP contribution in [0.4, 0.5) is 5.69 Å². The first kappa shape index (κ1) is 15.5. The standard InChI is InChI=1S/C15H24N2O2/c1-5-8-16-14-9-11(2)6-7-13(14)15(18)17-12(3)10-19-4/h6-7,9,12,16H,5,8,10H2,1-4H3,(H,17,18). The fourth-order valence-corrected chi connectivity index (χ4v) is 1.86. The average molecular weight is 264 g/mol. The summed E-state index contributed by atoms with van der Waals surface area (Å²) in [6.45, 7) is 7.41. The Morgan fingerprint density at radius 2 is 2.16 bits per heavy atom. The fraction of sp³-hybridized carbons (Fsp3) is 0.533. The van der Waals surface area contributed by atoms with Crippen LogP contribution in [0.2, 0.25) is 0 Å². The van der Waals surface area contributed by atoms with Crippen LogP contribution in [0.3, 0.4) is 0 Å². The summed E-state index contributed by atoms with van der Waals surface area (Å²) in [5.41, 5.74) is 2.71. The first-order chi connectivity index (χ1) is 9.08. The number of carbonyl (C=O) groups is 1. The molecule has 0 aliphatic heterocycles. The summed E-state index contributed by atoms with van der Waals surface area (Å²) in [5, 5.41) is 6.23. The molecule has 0 heterocycles. The molecule has 1 unspecified atom stereocenters. The molecule has 1 rings (SSSR count). The van der Waals surface area contributed by atoms with E-state index in [-0.39, 0.29) is 11.9 Å². The van der Waals surface area contributed by atoms with Gasteiger partial charge >= 0.3 is 0 Å². The van der Waals surface area contributed by atoms with Crippen LogP contribution in [-0.4, -0.2) is 32.2 Å². The lowest BCUT2D eigenvalue weighted by molar-refractivity contribution is 0.0906. The third kappa shape index (κ3) is 4.91. The second-order valence-corrected chi connectivity index (χ2v) is 4.81. The highest BCUT2D eigenvalue weighted by Gasteiger charge is 2.13. The molecule has 106 valence electrons. The molecule has 0 saturated carbocycles. The van der Waals surface area contributed by atoms with Gasteiger partial charge in [0.1, 0.15) is 0 Å². The van der Waals surface area contributed by atoms with E-state index in [1.807, 2.05) is 32.0 Å². The van der Waals surface area contributed by atoms with Gasteiger partial charge in [-0.2, -0.15) is 0 Å². The second kappa shape index (κ2) is 7.79. The van der Waals surface area contributed by atoms with Crippen molar-refractivity contribution in [2.75, 3.05) is 25.6 Å². The molecule has 1 aromatic carbocycles. The zero-order chi connectivity index (χ0) is 14.3. The SMILES string of the molecule is CCCNc1cc(C)ccc1C(=O)NC(C)COC. The van der Waals surface area contributed by atoms with Crippen molar-refractivity contribution in [3.8, 4) is 0 Å². The van der Waals surface area contributed by atoms with Crippen molar-refractivity contribution >= 4 is 11.6 Å². The molecule has 0 spiro atoms. The van der Waals surface area contributed by atoms with Crippen molar-refractivity contribution in [1.82, 2.24) is 5.32 Å². The van der Waals surface area contributed by atoms with E-state index in [2.05, 4.69) is 17.6 Å². The third-order valence-electron chi connectivity index (χ3n) is 2.78. The summed E-state index contributed by atoms with van der Waals surface area (Å²) in [7, 11) is 1.63. The van der Waals surface area contributed by atoms with E-state index >= 15 is 0 Å². The number of benzene rings is 1.